The van der Waals surface area contributed by atoms with E-state index in [2.05, 4.69) is 37.2 Å². The van der Waals surface area contributed by atoms with Gasteiger partial charge in [-0.3, -0.25) is 19.3 Å². The monoisotopic (exact) mass is 670 g/mol. The second kappa shape index (κ2) is 11.8. The Hall–Kier alpha value is -2.73. The maximum Gasteiger partial charge on any atom is 0.294 e. The van der Waals surface area contributed by atoms with Crippen molar-refractivity contribution < 1.29 is 27.9 Å². The van der Waals surface area contributed by atoms with Gasteiger partial charge in [0.1, 0.15) is 30.5 Å². The van der Waals surface area contributed by atoms with Gasteiger partial charge in [0.2, 0.25) is 5.91 Å². The zero-order valence-corrected chi connectivity index (χ0v) is 23.3. The van der Waals surface area contributed by atoms with Crippen molar-refractivity contribution in [3.8, 4) is 5.75 Å². The summed E-state index contributed by atoms with van der Waals surface area (Å²) in [7, 11) is 0. The molecule has 0 aliphatic carbocycles. The largest absolute Gasteiger partial charge is 0.486 e. The minimum atomic E-state index is -0.974. The van der Waals surface area contributed by atoms with Crippen molar-refractivity contribution in [1.29, 1.82) is 0 Å². The second-order valence-corrected chi connectivity index (χ2v) is 10.7. The molecule has 0 spiro atoms. The zero-order chi connectivity index (χ0) is 26.7. The number of nitrogens with zero attached hydrogens (tertiary/aromatic N) is 1. The molecule has 1 fully saturated rings. The molecule has 1 N–H and O–H groups in total. The third-order valence-electron chi connectivity index (χ3n) is 5.03. The predicted octanol–water partition coefficient (Wildman–Crippen LogP) is 7.40. The van der Waals surface area contributed by atoms with E-state index in [9.17, 15) is 23.2 Å². The Bertz CT molecular complexity index is 1430. The summed E-state index contributed by atoms with van der Waals surface area (Å²) in [5.41, 5.74) is 1.14. The SMILES string of the molecule is O=C(CN1C(=O)S/C(=C/c2cc(Br)c(OCc3ccccc3Cl)c(Br)c2)C1=O)Nc1ccc(F)cc1F. The molecule has 3 aromatic rings. The molecule has 190 valence electrons. The number of benzene rings is 3. The number of rotatable bonds is 7. The minimum absolute atomic E-state index is 0.106. The van der Waals surface area contributed by atoms with Crippen molar-refractivity contribution in [3.63, 3.8) is 0 Å². The molecule has 6 nitrogen and oxygen atoms in total. The maximum atomic E-state index is 13.8. The van der Waals surface area contributed by atoms with Crippen molar-refractivity contribution in [2.75, 3.05) is 11.9 Å². The lowest BCUT2D eigenvalue weighted by atomic mass is 10.2. The summed E-state index contributed by atoms with van der Waals surface area (Å²) in [5.74, 6) is -2.73. The maximum absolute atomic E-state index is 13.8. The first kappa shape index (κ1) is 27.3. The van der Waals surface area contributed by atoms with Crippen LogP contribution in [0, 0.1) is 11.6 Å². The van der Waals surface area contributed by atoms with E-state index < -0.39 is 35.2 Å². The highest BCUT2D eigenvalue weighted by molar-refractivity contribution is 9.11. The number of halogens is 5. The van der Waals surface area contributed by atoms with Gasteiger partial charge >= 0.3 is 0 Å². The van der Waals surface area contributed by atoms with Crippen LogP contribution in [-0.4, -0.2) is 28.5 Å². The third-order valence-corrected chi connectivity index (χ3v) is 7.48. The van der Waals surface area contributed by atoms with Crippen molar-refractivity contribution in [2.45, 2.75) is 6.61 Å². The first-order valence-corrected chi connectivity index (χ1v) is 13.3. The molecule has 0 radical (unpaired) electrons. The molecule has 1 heterocycles. The van der Waals surface area contributed by atoms with Crippen molar-refractivity contribution >= 4 is 84.0 Å². The van der Waals surface area contributed by atoms with E-state index in [1.807, 2.05) is 18.2 Å². The molecule has 3 amide bonds. The first-order chi connectivity index (χ1) is 17.6. The number of ether oxygens (including phenoxy) is 1. The standard InChI is InChI=1S/C25H15Br2ClF2N2O4S/c26-16-7-13(8-17(27)23(16)36-12-14-3-1-2-4-18(14)28)9-21-24(34)32(25(35)37-21)11-22(33)31-20-6-5-15(29)10-19(20)30/h1-10H,11-12H2,(H,31,33)/b21-9+. The summed E-state index contributed by atoms with van der Waals surface area (Å²) in [5, 5.41) is 2.16. The van der Waals surface area contributed by atoms with E-state index in [4.69, 9.17) is 16.3 Å². The van der Waals surface area contributed by atoms with Crippen LogP contribution in [0.2, 0.25) is 5.02 Å². The highest BCUT2D eigenvalue weighted by atomic mass is 79.9. The van der Waals surface area contributed by atoms with E-state index in [0.717, 1.165) is 22.6 Å². The molecule has 1 saturated heterocycles. The van der Waals surface area contributed by atoms with Crippen LogP contribution in [0.1, 0.15) is 11.1 Å². The van der Waals surface area contributed by atoms with Crippen LogP contribution in [-0.2, 0) is 16.2 Å². The van der Waals surface area contributed by atoms with E-state index in [-0.39, 0.29) is 17.2 Å². The van der Waals surface area contributed by atoms with Gasteiger partial charge in [0.25, 0.3) is 11.1 Å². The molecule has 37 heavy (non-hydrogen) atoms. The summed E-state index contributed by atoms with van der Waals surface area (Å²) in [4.78, 5) is 38.3. The fourth-order valence-electron chi connectivity index (χ4n) is 3.28. The molecule has 3 aromatic carbocycles. The molecule has 12 heteroatoms. The van der Waals surface area contributed by atoms with Gasteiger partial charge in [0.05, 0.1) is 19.5 Å². The number of amides is 3. The van der Waals surface area contributed by atoms with Crippen LogP contribution in [0.5, 0.6) is 5.75 Å². The summed E-state index contributed by atoms with van der Waals surface area (Å²) in [6, 6.07) is 13.4. The predicted molar refractivity (Wildman–Crippen MR) is 145 cm³/mol. The van der Waals surface area contributed by atoms with Gasteiger partial charge in [-0.1, -0.05) is 29.8 Å². The number of thioether (sulfide) groups is 1. The van der Waals surface area contributed by atoms with Crippen molar-refractivity contribution in [1.82, 2.24) is 4.90 Å². The molecule has 4 rings (SSSR count). The lowest BCUT2D eigenvalue weighted by molar-refractivity contribution is -0.127. The van der Waals surface area contributed by atoms with Gasteiger partial charge in [0.15, 0.2) is 0 Å². The molecule has 0 aromatic heterocycles. The number of hydrogen-bond acceptors (Lipinski definition) is 5. The number of nitrogens with one attached hydrogen (secondary N) is 1. The van der Waals surface area contributed by atoms with Crippen molar-refractivity contribution in [2.24, 2.45) is 0 Å². The van der Waals surface area contributed by atoms with Gasteiger partial charge in [0, 0.05) is 16.7 Å². The average Bonchev–Trinajstić information content (AvgIpc) is 3.08. The Morgan fingerprint density at radius 1 is 1.08 bits per heavy atom. The number of carbonyl (C=O) groups excluding carboxylic acids is 3. The lowest BCUT2D eigenvalue weighted by Gasteiger charge is -2.13. The Morgan fingerprint density at radius 2 is 1.78 bits per heavy atom. The first-order valence-electron chi connectivity index (χ1n) is 10.5. The molecule has 0 atom stereocenters. The number of hydrogen-bond donors (Lipinski definition) is 1. The Balaban J connectivity index is 1.45. The van der Waals surface area contributed by atoms with Gasteiger partial charge in [-0.05, 0) is 85.6 Å². The Labute approximate surface area is 236 Å². The summed E-state index contributed by atoms with van der Waals surface area (Å²) < 4.78 is 33.9. The van der Waals surface area contributed by atoms with Gasteiger partial charge in [-0.15, -0.1) is 0 Å². The van der Waals surface area contributed by atoms with E-state index in [0.29, 0.717) is 43.1 Å². The van der Waals surface area contributed by atoms with Crippen molar-refractivity contribution in [3.05, 3.63) is 96.2 Å². The van der Waals surface area contributed by atoms with E-state index in [1.54, 1.807) is 18.2 Å². The van der Waals surface area contributed by atoms with E-state index >= 15 is 0 Å². The molecule has 0 unspecified atom stereocenters. The molecular formula is C25H15Br2ClF2N2O4S. The zero-order valence-electron chi connectivity index (χ0n) is 18.6. The van der Waals surface area contributed by atoms with Crippen LogP contribution >= 0.6 is 55.2 Å². The minimum Gasteiger partial charge on any atom is -0.486 e. The smallest absolute Gasteiger partial charge is 0.294 e. The van der Waals surface area contributed by atoms with Crippen LogP contribution in [0.15, 0.2) is 68.4 Å². The third kappa shape index (κ3) is 6.59. The number of carbonyl (C=O) groups is 3. The number of anilines is 1. The fourth-order valence-corrected chi connectivity index (χ4v) is 5.76. The van der Waals surface area contributed by atoms with Crippen LogP contribution in [0.25, 0.3) is 6.08 Å². The average molecular weight is 673 g/mol. The molecule has 0 bridgehead atoms. The van der Waals surface area contributed by atoms with Gasteiger partial charge in [-0.2, -0.15) is 0 Å². The molecular weight excluding hydrogens is 658 g/mol. The topological polar surface area (TPSA) is 75.7 Å². The van der Waals surface area contributed by atoms with Gasteiger partial charge < -0.3 is 10.1 Å². The molecule has 1 aliphatic rings. The molecule has 1 aliphatic heterocycles. The normalized spacial score (nSPS) is 14.4. The molecule has 0 saturated carbocycles. The summed E-state index contributed by atoms with van der Waals surface area (Å²) in [6.07, 6.45) is 1.51. The highest BCUT2D eigenvalue weighted by Crippen LogP contribution is 2.38. The van der Waals surface area contributed by atoms with Crippen LogP contribution in [0.3, 0.4) is 0 Å². The summed E-state index contributed by atoms with van der Waals surface area (Å²) >= 11 is 13.8. The van der Waals surface area contributed by atoms with Crippen LogP contribution < -0.4 is 10.1 Å². The fraction of sp³-hybridized carbons (Fsp3) is 0.0800. The Kier molecular flexibility index (Phi) is 8.68. The quantitative estimate of drug-likeness (QED) is 0.265. The lowest BCUT2D eigenvalue weighted by Crippen LogP contribution is -2.36. The number of imide groups is 1. The van der Waals surface area contributed by atoms with E-state index in [1.165, 1.54) is 6.08 Å². The van der Waals surface area contributed by atoms with Crippen LogP contribution in [0.4, 0.5) is 19.3 Å². The Morgan fingerprint density at radius 3 is 2.46 bits per heavy atom. The second-order valence-electron chi connectivity index (χ2n) is 7.63. The summed E-state index contributed by atoms with van der Waals surface area (Å²) in [6.45, 7) is -0.389. The van der Waals surface area contributed by atoms with Gasteiger partial charge in [-0.25, -0.2) is 8.78 Å². The highest BCUT2D eigenvalue weighted by Gasteiger charge is 2.36.